The molecule has 0 bridgehead atoms. The predicted octanol–water partition coefficient (Wildman–Crippen LogP) is 1.15. The second kappa shape index (κ2) is 6.29. The molecule has 8 heteroatoms. The van der Waals surface area contributed by atoms with E-state index in [1.54, 1.807) is 20.8 Å². The highest BCUT2D eigenvalue weighted by atomic mass is 32.2. The van der Waals surface area contributed by atoms with Gasteiger partial charge < -0.3 is 10.1 Å². The SMILES string of the molecule is CCOCCC(=O)NS(=O)(=O)c1ccc2c(c1)C(C)(C)C(=O)N2. The van der Waals surface area contributed by atoms with Crippen LogP contribution in [-0.2, 0) is 29.8 Å². The van der Waals surface area contributed by atoms with Crippen LogP contribution in [0.25, 0.3) is 0 Å². The average molecular weight is 340 g/mol. The van der Waals surface area contributed by atoms with Crippen LogP contribution in [0.3, 0.4) is 0 Å². The van der Waals surface area contributed by atoms with Gasteiger partial charge in [-0.2, -0.15) is 0 Å². The van der Waals surface area contributed by atoms with Gasteiger partial charge in [0.25, 0.3) is 10.0 Å². The van der Waals surface area contributed by atoms with Gasteiger partial charge in [-0.15, -0.1) is 0 Å². The van der Waals surface area contributed by atoms with Gasteiger partial charge in [-0.3, -0.25) is 9.59 Å². The molecule has 1 aliphatic rings. The largest absolute Gasteiger partial charge is 0.381 e. The van der Waals surface area contributed by atoms with E-state index in [1.165, 1.54) is 18.2 Å². The van der Waals surface area contributed by atoms with Crippen molar-refractivity contribution in [2.75, 3.05) is 18.5 Å². The average Bonchev–Trinajstić information content (AvgIpc) is 2.68. The van der Waals surface area contributed by atoms with E-state index in [1.807, 2.05) is 4.72 Å². The molecule has 0 aliphatic carbocycles. The van der Waals surface area contributed by atoms with Crippen molar-refractivity contribution < 1.29 is 22.7 Å². The molecule has 7 nitrogen and oxygen atoms in total. The van der Waals surface area contributed by atoms with Crippen LogP contribution in [0, 0.1) is 0 Å². The molecule has 2 amide bonds. The van der Waals surface area contributed by atoms with Crippen molar-refractivity contribution in [2.24, 2.45) is 0 Å². The van der Waals surface area contributed by atoms with Gasteiger partial charge in [0, 0.05) is 12.3 Å². The normalized spacial score (nSPS) is 15.9. The van der Waals surface area contributed by atoms with Crippen molar-refractivity contribution in [3.05, 3.63) is 23.8 Å². The highest BCUT2D eigenvalue weighted by molar-refractivity contribution is 7.90. The van der Waals surface area contributed by atoms with E-state index in [4.69, 9.17) is 4.74 Å². The minimum atomic E-state index is -3.98. The number of benzene rings is 1. The summed E-state index contributed by atoms with van der Waals surface area (Å²) in [6.07, 6.45) is -0.0381. The molecule has 1 heterocycles. The number of ether oxygens (including phenoxy) is 1. The summed E-state index contributed by atoms with van der Waals surface area (Å²) in [5.74, 6) is -0.824. The van der Waals surface area contributed by atoms with Crippen molar-refractivity contribution in [1.82, 2.24) is 4.72 Å². The first-order valence-electron chi connectivity index (χ1n) is 7.28. The summed E-state index contributed by atoms with van der Waals surface area (Å²) in [7, 11) is -3.98. The van der Waals surface area contributed by atoms with Gasteiger partial charge in [0.15, 0.2) is 0 Å². The summed E-state index contributed by atoms with van der Waals surface area (Å²) in [4.78, 5) is 23.5. The highest BCUT2D eigenvalue weighted by Gasteiger charge is 2.39. The van der Waals surface area contributed by atoms with Crippen LogP contribution in [0.1, 0.15) is 32.8 Å². The number of hydrogen-bond donors (Lipinski definition) is 2. The maximum atomic E-state index is 12.3. The Kier molecular flexibility index (Phi) is 4.76. The van der Waals surface area contributed by atoms with Crippen molar-refractivity contribution >= 4 is 27.5 Å². The van der Waals surface area contributed by atoms with Crippen LogP contribution >= 0.6 is 0 Å². The molecular formula is C15H20N2O5S. The van der Waals surface area contributed by atoms with Gasteiger partial charge in [-0.05, 0) is 44.5 Å². The summed E-state index contributed by atoms with van der Waals surface area (Å²) in [6, 6.07) is 4.31. The van der Waals surface area contributed by atoms with Crippen LogP contribution in [0.4, 0.5) is 5.69 Å². The van der Waals surface area contributed by atoms with Gasteiger partial charge >= 0.3 is 0 Å². The maximum absolute atomic E-state index is 12.3. The zero-order valence-electron chi connectivity index (χ0n) is 13.3. The zero-order valence-corrected chi connectivity index (χ0v) is 14.1. The standard InChI is InChI=1S/C15H20N2O5S/c1-4-22-8-7-13(18)17-23(20,21)10-5-6-12-11(9-10)15(2,3)14(19)16-12/h5-6,9H,4,7-8H2,1-3H3,(H,16,19)(H,17,18). The first kappa shape index (κ1) is 17.4. The fraction of sp³-hybridized carbons (Fsp3) is 0.467. The first-order valence-corrected chi connectivity index (χ1v) is 8.76. The minimum Gasteiger partial charge on any atom is -0.381 e. The molecule has 1 aromatic rings. The molecule has 0 atom stereocenters. The number of nitrogens with one attached hydrogen (secondary N) is 2. The van der Waals surface area contributed by atoms with Crippen molar-refractivity contribution in [2.45, 2.75) is 37.5 Å². The molecule has 1 aromatic carbocycles. The molecule has 0 saturated carbocycles. The van der Waals surface area contributed by atoms with Crippen molar-refractivity contribution in [3.63, 3.8) is 0 Å². The first-order chi connectivity index (χ1) is 10.7. The number of sulfonamides is 1. The van der Waals surface area contributed by atoms with Crippen LogP contribution in [-0.4, -0.2) is 33.4 Å². The quantitative estimate of drug-likeness (QED) is 0.756. The number of rotatable bonds is 6. The molecule has 2 rings (SSSR count). The lowest BCUT2D eigenvalue weighted by Gasteiger charge is -2.16. The third-order valence-electron chi connectivity index (χ3n) is 3.72. The van der Waals surface area contributed by atoms with Crippen molar-refractivity contribution in [3.8, 4) is 0 Å². The zero-order chi connectivity index (χ0) is 17.3. The number of carbonyl (C=O) groups excluding carboxylic acids is 2. The Morgan fingerprint density at radius 1 is 1.35 bits per heavy atom. The molecule has 0 aromatic heterocycles. The topological polar surface area (TPSA) is 102 Å². The maximum Gasteiger partial charge on any atom is 0.264 e. The molecule has 0 fully saturated rings. The Bertz CT molecular complexity index is 740. The van der Waals surface area contributed by atoms with Crippen LogP contribution < -0.4 is 10.0 Å². The Hall–Kier alpha value is -1.93. The summed E-state index contributed by atoms with van der Waals surface area (Å²) < 4.78 is 31.6. The lowest BCUT2D eigenvalue weighted by molar-refractivity contribution is -0.120. The Morgan fingerprint density at radius 2 is 2.04 bits per heavy atom. The van der Waals surface area contributed by atoms with E-state index in [9.17, 15) is 18.0 Å². The molecule has 2 N–H and O–H groups in total. The number of amides is 2. The van der Waals surface area contributed by atoms with Gasteiger partial charge in [0.2, 0.25) is 11.8 Å². The summed E-state index contributed by atoms with van der Waals surface area (Å²) in [6.45, 7) is 5.83. The van der Waals surface area contributed by atoms with E-state index >= 15 is 0 Å². The molecule has 23 heavy (non-hydrogen) atoms. The second-order valence-electron chi connectivity index (χ2n) is 5.76. The smallest absolute Gasteiger partial charge is 0.264 e. The lowest BCUT2D eigenvalue weighted by Crippen LogP contribution is -2.31. The molecule has 1 aliphatic heterocycles. The molecule has 0 radical (unpaired) electrons. The fourth-order valence-corrected chi connectivity index (χ4v) is 3.33. The molecular weight excluding hydrogens is 320 g/mol. The third-order valence-corrected chi connectivity index (χ3v) is 5.09. The Labute approximate surface area is 135 Å². The van der Waals surface area contributed by atoms with Gasteiger partial charge in [0.05, 0.1) is 23.3 Å². The third kappa shape index (κ3) is 3.53. The predicted molar refractivity (Wildman–Crippen MR) is 84.5 cm³/mol. The van der Waals surface area contributed by atoms with E-state index in [2.05, 4.69) is 5.32 Å². The monoisotopic (exact) mass is 340 g/mol. The van der Waals surface area contributed by atoms with Crippen molar-refractivity contribution in [1.29, 1.82) is 0 Å². The van der Waals surface area contributed by atoms with E-state index in [-0.39, 0.29) is 23.8 Å². The van der Waals surface area contributed by atoms with E-state index in [0.717, 1.165) is 0 Å². The van der Waals surface area contributed by atoms with Gasteiger partial charge in [-0.25, -0.2) is 13.1 Å². The second-order valence-corrected chi connectivity index (χ2v) is 7.44. The number of hydrogen-bond acceptors (Lipinski definition) is 5. The Balaban J connectivity index is 2.21. The van der Waals surface area contributed by atoms with Gasteiger partial charge in [0.1, 0.15) is 0 Å². The molecule has 0 unspecified atom stereocenters. The van der Waals surface area contributed by atoms with Crippen LogP contribution in [0.5, 0.6) is 0 Å². The molecule has 0 spiro atoms. The highest BCUT2D eigenvalue weighted by Crippen LogP contribution is 2.38. The van der Waals surface area contributed by atoms with Gasteiger partial charge in [-0.1, -0.05) is 0 Å². The Morgan fingerprint density at radius 3 is 2.70 bits per heavy atom. The number of anilines is 1. The van der Waals surface area contributed by atoms with E-state index < -0.39 is 21.3 Å². The lowest BCUT2D eigenvalue weighted by atomic mass is 9.86. The number of carbonyl (C=O) groups is 2. The van der Waals surface area contributed by atoms with Crippen LogP contribution in [0.2, 0.25) is 0 Å². The molecule has 0 saturated heterocycles. The molecule has 126 valence electrons. The number of fused-ring (bicyclic) bond motifs is 1. The van der Waals surface area contributed by atoms with Crippen LogP contribution in [0.15, 0.2) is 23.1 Å². The minimum absolute atomic E-state index is 0.0381. The summed E-state index contributed by atoms with van der Waals surface area (Å²) in [5.41, 5.74) is 0.355. The fourth-order valence-electron chi connectivity index (χ4n) is 2.29. The summed E-state index contributed by atoms with van der Waals surface area (Å²) in [5, 5.41) is 2.70. The van der Waals surface area contributed by atoms with E-state index in [0.29, 0.717) is 17.9 Å². The summed E-state index contributed by atoms with van der Waals surface area (Å²) >= 11 is 0.